The zero-order valence-corrected chi connectivity index (χ0v) is 14.5. The van der Waals surface area contributed by atoms with E-state index in [1.54, 1.807) is 27.7 Å². The molecule has 0 atom stereocenters. The predicted molar refractivity (Wildman–Crippen MR) is 83.1 cm³/mol. The Labute approximate surface area is 128 Å². The van der Waals surface area contributed by atoms with Crippen molar-refractivity contribution in [1.82, 2.24) is 5.32 Å². The summed E-state index contributed by atoms with van der Waals surface area (Å²) < 4.78 is 5.32. The van der Waals surface area contributed by atoms with Crippen LogP contribution in [0.1, 0.15) is 61.3 Å². The molecule has 0 saturated carbocycles. The minimum absolute atomic E-state index is 0.127. The normalized spacial score (nSPS) is 13.1. The van der Waals surface area contributed by atoms with E-state index in [9.17, 15) is 14.7 Å². The topological polar surface area (TPSA) is 75.6 Å². The first-order valence-corrected chi connectivity index (χ1v) is 7.48. The number of carboxylic acids is 1. The largest absolute Gasteiger partial charge is 0.481 e. The van der Waals surface area contributed by atoms with Gasteiger partial charge in [0.25, 0.3) is 0 Å². The SMILES string of the molecule is CCOCCC(C)(C)NC(=O)C(C)(C)CC(C)(C)C(=O)O. The number of aliphatic carboxylic acids is 1. The van der Waals surface area contributed by atoms with Crippen molar-refractivity contribution in [2.24, 2.45) is 10.8 Å². The number of nitrogens with one attached hydrogen (secondary N) is 1. The number of amides is 1. The number of carboxylic acid groups (broad SMARTS) is 1. The van der Waals surface area contributed by atoms with Crippen molar-refractivity contribution in [3.8, 4) is 0 Å². The van der Waals surface area contributed by atoms with Crippen LogP contribution in [0, 0.1) is 10.8 Å². The molecular weight excluding hydrogens is 270 g/mol. The Balaban J connectivity index is 4.72. The molecule has 124 valence electrons. The van der Waals surface area contributed by atoms with Gasteiger partial charge in [-0.25, -0.2) is 0 Å². The molecule has 0 bridgehead atoms. The summed E-state index contributed by atoms with van der Waals surface area (Å²) in [6, 6.07) is 0. The van der Waals surface area contributed by atoms with Gasteiger partial charge in [0.2, 0.25) is 5.91 Å². The van der Waals surface area contributed by atoms with Crippen molar-refractivity contribution in [2.45, 2.75) is 66.8 Å². The second kappa shape index (κ2) is 7.25. The molecule has 21 heavy (non-hydrogen) atoms. The van der Waals surface area contributed by atoms with Gasteiger partial charge < -0.3 is 15.2 Å². The van der Waals surface area contributed by atoms with Gasteiger partial charge in [-0.3, -0.25) is 9.59 Å². The van der Waals surface area contributed by atoms with Crippen molar-refractivity contribution in [1.29, 1.82) is 0 Å². The van der Waals surface area contributed by atoms with E-state index in [1.807, 2.05) is 20.8 Å². The van der Waals surface area contributed by atoms with E-state index in [-0.39, 0.29) is 17.9 Å². The van der Waals surface area contributed by atoms with Crippen molar-refractivity contribution >= 4 is 11.9 Å². The van der Waals surface area contributed by atoms with Gasteiger partial charge in [-0.05, 0) is 47.5 Å². The molecule has 1 amide bonds. The van der Waals surface area contributed by atoms with E-state index in [1.165, 1.54) is 0 Å². The fraction of sp³-hybridized carbons (Fsp3) is 0.875. The van der Waals surface area contributed by atoms with Crippen LogP contribution in [0.5, 0.6) is 0 Å². The highest BCUT2D eigenvalue weighted by atomic mass is 16.5. The molecule has 0 saturated heterocycles. The lowest BCUT2D eigenvalue weighted by atomic mass is 9.74. The molecule has 0 aromatic carbocycles. The Morgan fingerprint density at radius 1 is 1.05 bits per heavy atom. The number of carbonyl (C=O) groups is 2. The molecule has 5 heteroatoms. The monoisotopic (exact) mass is 301 g/mol. The first kappa shape index (κ1) is 19.9. The van der Waals surface area contributed by atoms with Gasteiger partial charge >= 0.3 is 5.97 Å². The van der Waals surface area contributed by atoms with Gasteiger partial charge in [-0.15, -0.1) is 0 Å². The zero-order chi connectivity index (χ0) is 16.9. The van der Waals surface area contributed by atoms with Crippen LogP contribution in [0.2, 0.25) is 0 Å². The highest BCUT2D eigenvalue weighted by molar-refractivity contribution is 5.84. The fourth-order valence-corrected chi connectivity index (χ4v) is 2.27. The first-order chi connectivity index (χ1) is 9.34. The summed E-state index contributed by atoms with van der Waals surface area (Å²) in [5.74, 6) is -1.02. The van der Waals surface area contributed by atoms with Gasteiger partial charge in [0, 0.05) is 24.2 Å². The number of rotatable bonds is 9. The van der Waals surface area contributed by atoms with Crippen molar-refractivity contribution in [3.63, 3.8) is 0 Å². The summed E-state index contributed by atoms with van der Waals surface area (Å²) in [5, 5.41) is 12.2. The van der Waals surface area contributed by atoms with Crippen LogP contribution in [0.15, 0.2) is 0 Å². The standard InChI is InChI=1S/C16H31NO4/c1-8-21-10-9-16(6,7)17-12(18)14(2,3)11-15(4,5)13(19)20/h8-11H2,1-7H3,(H,17,18)(H,19,20). The van der Waals surface area contributed by atoms with E-state index in [0.29, 0.717) is 19.6 Å². The van der Waals surface area contributed by atoms with Crippen molar-refractivity contribution in [3.05, 3.63) is 0 Å². The maximum atomic E-state index is 12.5. The van der Waals surface area contributed by atoms with Crippen LogP contribution >= 0.6 is 0 Å². The van der Waals surface area contributed by atoms with E-state index < -0.39 is 16.8 Å². The van der Waals surface area contributed by atoms with Crippen molar-refractivity contribution < 1.29 is 19.4 Å². The highest BCUT2D eigenvalue weighted by Gasteiger charge is 2.40. The second-order valence-corrected chi connectivity index (χ2v) is 7.53. The summed E-state index contributed by atoms with van der Waals surface area (Å²) in [6.45, 7) is 13.9. The van der Waals surface area contributed by atoms with Crippen molar-refractivity contribution in [2.75, 3.05) is 13.2 Å². The Hall–Kier alpha value is -1.10. The molecule has 0 aromatic heterocycles. The summed E-state index contributed by atoms with van der Waals surface area (Å²) in [6.07, 6.45) is 0.994. The smallest absolute Gasteiger partial charge is 0.309 e. The Kier molecular flexibility index (Phi) is 6.87. The van der Waals surface area contributed by atoms with E-state index in [2.05, 4.69) is 5.32 Å². The van der Waals surface area contributed by atoms with Gasteiger partial charge in [0.15, 0.2) is 0 Å². The molecule has 0 aromatic rings. The number of hydrogen-bond acceptors (Lipinski definition) is 3. The molecule has 0 aliphatic heterocycles. The van der Waals surface area contributed by atoms with Gasteiger partial charge in [0.05, 0.1) is 5.41 Å². The lowest BCUT2D eigenvalue weighted by Crippen LogP contribution is -2.50. The molecule has 2 N–H and O–H groups in total. The van der Waals surface area contributed by atoms with Gasteiger partial charge in [-0.2, -0.15) is 0 Å². The maximum Gasteiger partial charge on any atom is 0.309 e. The second-order valence-electron chi connectivity index (χ2n) is 7.53. The number of ether oxygens (including phenoxy) is 1. The molecule has 0 unspecified atom stereocenters. The number of carbonyl (C=O) groups excluding carboxylic acids is 1. The number of hydrogen-bond donors (Lipinski definition) is 2. The third-order valence-electron chi connectivity index (χ3n) is 3.60. The molecule has 0 heterocycles. The fourth-order valence-electron chi connectivity index (χ4n) is 2.27. The van der Waals surface area contributed by atoms with Crippen LogP contribution < -0.4 is 5.32 Å². The Morgan fingerprint density at radius 2 is 1.57 bits per heavy atom. The van der Waals surface area contributed by atoms with Crippen LogP contribution in [-0.2, 0) is 14.3 Å². The maximum absolute atomic E-state index is 12.5. The zero-order valence-electron chi connectivity index (χ0n) is 14.5. The van der Waals surface area contributed by atoms with Gasteiger partial charge in [0.1, 0.15) is 0 Å². The molecular formula is C16H31NO4. The van der Waals surface area contributed by atoms with E-state index in [0.717, 1.165) is 0 Å². The summed E-state index contributed by atoms with van der Waals surface area (Å²) in [5.41, 5.74) is -2.06. The molecule has 5 nitrogen and oxygen atoms in total. The average Bonchev–Trinajstić information content (AvgIpc) is 2.26. The minimum Gasteiger partial charge on any atom is -0.481 e. The third-order valence-corrected chi connectivity index (χ3v) is 3.60. The molecule has 0 radical (unpaired) electrons. The van der Waals surface area contributed by atoms with Crippen LogP contribution in [-0.4, -0.2) is 35.7 Å². The molecule has 0 spiro atoms. The average molecular weight is 301 g/mol. The quantitative estimate of drug-likeness (QED) is 0.642. The van der Waals surface area contributed by atoms with Crippen LogP contribution in [0.4, 0.5) is 0 Å². The molecule has 0 fully saturated rings. The predicted octanol–water partition coefficient (Wildman–Crippen LogP) is 2.83. The molecule has 0 aliphatic rings. The lowest BCUT2D eigenvalue weighted by molar-refractivity contribution is -0.150. The molecule has 0 aliphatic carbocycles. The lowest BCUT2D eigenvalue weighted by Gasteiger charge is -2.35. The first-order valence-electron chi connectivity index (χ1n) is 7.48. The van der Waals surface area contributed by atoms with Crippen LogP contribution in [0.3, 0.4) is 0 Å². The third kappa shape index (κ3) is 6.93. The van der Waals surface area contributed by atoms with E-state index in [4.69, 9.17) is 4.74 Å². The Morgan fingerprint density at radius 3 is 2.00 bits per heavy atom. The van der Waals surface area contributed by atoms with Gasteiger partial charge in [-0.1, -0.05) is 13.8 Å². The summed E-state index contributed by atoms with van der Waals surface area (Å²) in [7, 11) is 0. The highest BCUT2D eigenvalue weighted by Crippen LogP contribution is 2.34. The molecule has 0 rings (SSSR count). The Bertz CT molecular complexity index is 372. The minimum atomic E-state index is -0.934. The summed E-state index contributed by atoms with van der Waals surface area (Å²) >= 11 is 0. The van der Waals surface area contributed by atoms with E-state index >= 15 is 0 Å². The summed E-state index contributed by atoms with van der Waals surface area (Å²) in [4.78, 5) is 23.7. The van der Waals surface area contributed by atoms with Crippen LogP contribution in [0.25, 0.3) is 0 Å².